The quantitative estimate of drug-likeness (QED) is 0.614. The maximum absolute atomic E-state index is 12.3. The summed E-state index contributed by atoms with van der Waals surface area (Å²) in [7, 11) is 0. The Morgan fingerprint density at radius 3 is 2.25 bits per heavy atom. The molecule has 1 saturated carbocycles. The molecule has 0 saturated heterocycles. The number of hydrogen-bond donors (Lipinski definition) is 3. The fourth-order valence-electron chi connectivity index (χ4n) is 4.79. The molecule has 0 bridgehead atoms. The van der Waals surface area contributed by atoms with E-state index in [1.165, 1.54) is 11.1 Å². The average molecular weight is 437 g/mol. The molecule has 2 aromatic carbocycles. The minimum Gasteiger partial charge on any atom is -0.481 e. The van der Waals surface area contributed by atoms with Gasteiger partial charge in [0.25, 0.3) is 0 Å². The number of amides is 2. The predicted octanol–water partition coefficient (Wildman–Crippen LogP) is 3.67. The number of carboxylic acids is 1. The van der Waals surface area contributed by atoms with E-state index in [9.17, 15) is 14.4 Å². The Balaban J connectivity index is 1.26. The summed E-state index contributed by atoms with van der Waals surface area (Å²) in [6.45, 7) is 1.97. The number of carbonyl (C=O) groups excluding carboxylic acids is 2. The fourth-order valence-corrected chi connectivity index (χ4v) is 4.79. The standard InChI is InChI=1S/C25H28N2O5/c1-15(12-23(28)27-17-11-10-16(13-17)24(29)30)26-25(31)32-14-22-20-8-4-2-6-18(20)19-7-3-5-9-21(19)22/h2-9,15-17,22H,10-14H2,1H3,(H,26,31)(H,27,28)(H,29,30)/t15?,16-,17+/m0/s1. The minimum atomic E-state index is -0.813. The van der Waals surface area contributed by atoms with Gasteiger partial charge in [-0.15, -0.1) is 0 Å². The Bertz CT molecular complexity index is 975. The predicted molar refractivity (Wildman–Crippen MR) is 119 cm³/mol. The van der Waals surface area contributed by atoms with Crippen molar-refractivity contribution in [1.82, 2.24) is 10.6 Å². The van der Waals surface area contributed by atoms with Crippen molar-refractivity contribution in [2.24, 2.45) is 5.92 Å². The van der Waals surface area contributed by atoms with Crippen LogP contribution in [0.25, 0.3) is 11.1 Å². The van der Waals surface area contributed by atoms with Crippen molar-refractivity contribution in [3.05, 3.63) is 59.7 Å². The average Bonchev–Trinajstić information content (AvgIpc) is 3.35. The van der Waals surface area contributed by atoms with Crippen LogP contribution in [-0.4, -0.2) is 41.8 Å². The third kappa shape index (κ3) is 4.77. The van der Waals surface area contributed by atoms with E-state index < -0.39 is 24.0 Å². The van der Waals surface area contributed by atoms with Crippen molar-refractivity contribution < 1.29 is 24.2 Å². The van der Waals surface area contributed by atoms with E-state index >= 15 is 0 Å². The number of carboxylic acid groups (broad SMARTS) is 1. The van der Waals surface area contributed by atoms with Crippen LogP contribution < -0.4 is 10.6 Å². The monoisotopic (exact) mass is 436 g/mol. The molecule has 0 radical (unpaired) electrons. The lowest BCUT2D eigenvalue weighted by Crippen LogP contribution is -2.40. The van der Waals surface area contributed by atoms with E-state index in [0.29, 0.717) is 19.3 Å². The second-order valence-electron chi connectivity index (χ2n) is 8.69. The van der Waals surface area contributed by atoms with Gasteiger partial charge in [-0.2, -0.15) is 0 Å². The van der Waals surface area contributed by atoms with Crippen molar-refractivity contribution in [2.45, 2.75) is 50.6 Å². The molecule has 168 valence electrons. The van der Waals surface area contributed by atoms with Crippen LogP contribution in [0.2, 0.25) is 0 Å². The van der Waals surface area contributed by atoms with E-state index in [1.54, 1.807) is 6.92 Å². The van der Waals surface area contributed by atoms with Crippen LogP contribution in [0.15, 0.2) is 48.5 Å². The summed E-state index contributed by atoms with van der Waals surface area (Å²) in [5.74, 6) is -1.42. The molecule has 2 aliphatic rings. The van der Waals surface area contributed by atoms with Crippen LogP contribution in [0.1, 0.15) is 49.7 Å². The first-order valence-corrected chi connectivity index (χ1v) is 11.1. The van der Waals surface area contributed by atoms with Crippen molar-refractivity contribution in [3.63, 3.8) is 0 Å². The highest BCUT2D eigenvalue weighted by Gasteiger charge is 2.31. The Labute approximate surface area is 187 Å². The largest absolute Gasteiger partial charge is 0.481 e. The molecular formula is C25H28N2O5. The van der Waals surface area contributed by atoms with Gasteiger partial charge in [0, 0.05) is 24.4 Å². The first-order chi connectivity index (χ1) is 15.4. The fraction of sp³-hybridized carbons (Fsp3) is 0.400. The summed E-state index contributed by atoms with van der Waals surface area (Å²) >= 11 is 0. The number of ether oxygens (including phenoxy) is 1. The summed E-state index contributed by atoms with van der Waals surface area (Å²) in [5.41, 5.74) is 4.62. The smallest absolute Gasteiger partial charge is 0.407 e. The highest BCUT2D eigenvalue weighted by atomic mass is 16.5. The zero-order valence-electron chi connectivity index (χ0n) is 18.0. The third-order valence-corrected chi connectivity index (χ3v) is 6.35. The van der Waals surface area contributed by atoms with E-state index in [4.69, 9.17) is 9.84 Å². The van der Waals surface area contributed by atoms with E-state index in [2.05, 4.69) is 34.9 Å². The molecule has 2 aliphatic carbocycles. The first-order valence-electron chi connectivity index (χ1n) is 11.1. The SMILES string of the molecule is CC(CC(=O)N[C@@H]1CC[C@H](C(=O)O)C1)NC(=O)OCC1c2ccccc2-c2ccccc21. The van der Waals surface area contributed by atoms with Gasteiger partial charge in [-0.05, 0) is 48.4 Å². The normalized spacial score (nSPS) is 20.2. The van der Waals surface area contributed by atoms with Crippen LogP contribution >= 0.6 is 0 Å². The van der Waals surface area contributed by atoms with Crippen molar-refractivity contribution in [2.75, 3.05) is 6.61 Å². The molecule has 0 spiro atoms. The number of carbonyl (C=O) groups is 3. The molecule has 3 N–H and O–H groups in total. The summed E-state index contributed by atoms with van der Waals surface area (Å²) in [6.07, 6.45) is 1.25. The van der Waals surface area contributed by atoms with Gasteiger partial charge in [0.05, 0.1) is 5.92 Å². The van der Waals surface area contributed by atoms with Crippen molar-refractivity contribution in [1.29, 1.82) is 0 Å². The van der Waals surface area contributed by atoms with Gasteiger partial charge < -0.3 is 20.5 Å². The van der Waals surface area contributed by atoms with E-state index in [1.807, 2.05) is 24.3 Å². The molecule has 4 rings (SSSR count). The Morgan fingerprint density at radius 2 is 1.66 bits per heavy atom. The molecule has 0 aliphatic heterocycles. The number of aliphatic carboxylic acids is 1. The first kappa shape index (κ1) is 21.9. The number of hydrogen-bond acceptors (Lipinski definition) is 4. The summed E-state index contributed by atoms with van der Waals surface area (Å²) in [4.78, 5) is 35.7. The Hall–Kier alpha value is -3.35. The molecule has 0 aromatic heterocycles. The molecule has 7 heteroatoms. The van der Waals surface area contributed by atoms with Crippen molar-refractivity contribution in [3.8, 4) is 11.1 Å². The van der Waals surface area contributed by atoms with E-state index in [-0.39, 0.29) is 30.9 Å². The van der Waals surface area contributed by atoms with Gasteiger partial charge >= 0.3 is 12.1 Å². The lowest BCUT2D eigenvalue weighted by Gasteiger charge is -2.18. The zero-order chi connectivity index (χ0) is 22.7. The summed E-state index contributed by atoms with van der Waals surface area (Å²) in [5, 5.41) is 14.7. The zero-order valence-corrected chi connectivity index (χ0v) is 18.0. The summed E-state index contributed by atoms with van der Waals surface area (Å²) in [6, 6.07) is 15.8. The van der Waals surface area contributed by atoms with Crippen LogP contribution in [0.4, 0.5) is 4.79 Å². The number of nitrogens with one attached hydrogen (secondary N) is 2. The lowest BCUT2D eigenvalue weighted by molar-refractivity contribution is -0.141. The van der Waals surface area contributed by atoms with Crippen LogP contribution in [0.3, 0.4) is 0 Å². The maximum atomic E-state index is 12.3. The molecular weight excluding hydrogens is 408 g/mol. The van der Waals surface area contributed by atoms with Gasteiger partial charge in [0.1, 0.15) is 6.61 Å². The topological polar surface area (TPSA) is 105 Å². The maximum Gasteiger partial charge on any atom is 0.407 e. The molecule has 32 heavy (non-hydrogen) atoms. The minimum absolute atomic E-state index is 0.0173. The number of rotatable bonds is 7. The van der Waals surface area contributed by atoms with Crippen LogP contribution in [-0.2, 0) is 14.3 Å². The van der Waals surface area contributed by atoms with Crippen LogP contribution in [0.5, 0.6) is 0 Å². The molecule has 0 heterocycles. The highest BCUT2D eigenvalue weighted by molar-refractivity contribution is 5.80. The van der Waals surface area contributed by atoms with Gasteiger partial charge in [-0.25, -0.2) is 4.79 Å². The Kier molecular flexibility index (Phi) is 6.44. The van der Waals surface area contributed by atoms with Crippen LogP contribution in [0, 0.1) is 5.92 Å². The Morgan fingerprint density at radius 1 is 1.03 bits per heavy atom. The number of benzene rings is 2. The molecule has 3 atom stereocenters. The molecule has 1 fully saturated rings. The molecule has 1 unspecified atom stereocenters. The highest BCUT2D eigenvalue weighted by Crippen LogP contribution is 2.44. The molecule has 7 nitrogen and oxygen atoms in total. The van der Waals surface area contributed by atoms with Gasteiger partial charge in [0.15, 0.2) is 0 Å². The van der Waals surface area contributed by atoms with Gasteiger partial charge in [-0.3, -0.25) is 9.59 Å². The molecule has 2 amide bonds. The number of alkyl carbamates (subject to hydrolysis) is 1. The number of fused-ring (bicyclic) bond motifs is 3. The van der Waals surface area contributed by atoms with E-state index in [0.717, 1.165) is 11.1 Å². The summed E-state index contributed by atoms with van der Waals surface area (Å²) < 4.78 is 5.52. The third-order valence-electron chi connectivity index (χ3n) is 6.35. The van der Waals surface area contributed by atoms with Gasteiger partial charge in [0.2, 0.25) is 5.91 Å². The molecule has 2 aromatic rings. The lowest BCUT2D eigenvalue weighted by atomic mass is 9.98. The second-order valence-corrected chi connectivity index (χ2v) is 8.69. The van der Waals surface area contributed by atoms with Gasteiger partial charge in [-0.1, -0.05) is 48.5 Å². The van der Waals surface area contributed by atoms with Crippen molar-refractivity contribution >= 4 is 18.0 Å². The second kappa shape index (κ2) is 9.42.